The van der Waals surface area contributed by atoms with Crippen LogP contribution >= 0.6 is 23.5 Å². The fourth-order valence-corrected chi connectivity index (χ4v) is 8.71. The number of nitrogens with zero attached hydrogens (tertiary/aromatic N) is 1. The Bertz CT molecular complexity index is 1720. The van der Waals surface area contributed by atoms with Gasteiger partial charge in [0.15, 0.2) is 0 Å². The van der Waals surface area contributed by atoms with E-state index in [4.69, 9.17) is 0 Å². The van der Waals surface area contributed by atoms with Crippen LogP contribution in [0, 0.1) is 0 Å². The lowest BCUT2D eigenvalue weighted by Crippen LogP contribution is -2.37. The Kier molecular flexibility index (Phi) is 5.35. The molecule has 0 amide bonds. The lowest BCUT2D eigenvalue weighted by Gasteiger charge is -2.45. The summed E-state index contributed by atoms with van der Waals surface area (Å²) in [4.78, 5) is 9.90. The Morgan fingerprint density at radius 2 is 1.41 bits per heavy atom. The van der Waals surface area contributed by atoms with Crippen molar-refractivity contribution >= 4 is 35.4 Å². The topological polar surface area (TPSA) is 36.4 Å². The molecule has 5 heteroatoms. The minimum Gasteiger partial charge on any atom is -0.381 e. The van der Waals surface area contributed by atoms with Crippen LogP contribution in [0.5, 0.6) is 0 Å². The van der Waals surface area contributed by atoms with Gasteiger partial charge in [-0.1, -0.05) is 96.3 Å². The Morgan fingerprint density at radius 1 is 0.718 bits per heavy atom. The van der Waals surface area contributed by atoms with Crippen molar-refractivity contribution in [3.63, 3.8) is 0 Å². The van der Waals surface area contributed by atoms with E-state index >= 15 is 0 Å². The SMILES string of the molecule is C1=CCNC(c2ccc3c(c2)Sc2cc(C4N=CC=CN4)ccc2C32c3ccccc3Sc3ccccc32)=C1. The van der Waals surface area contributed by atoms with E-state index in [1.54, 1.807) is 0 Å². The van der Waals surface area contributed by atoms with Crippen molar-refractivity contribution in [2.75, 3.05) is 6.54 Å². The van der Waals surface area contributed by atoms with Crippen LogP contribution < -0.4 is 10.6 Å². The largest absolute Gasteiger partial charge is 0.381 e. The van der Waals surface area contributed by atoms with Crippen molar-refractivity contribution in [2.45, 2.75) is 31.2 Å². The quantitative estimate of drug-likeness (QED) is 0.237. The molecule has 0 fully saturated rings. The molecule has 1 spiro atoms. The molecule has 188 valence electrons. The fraction of sp³-hybridized carbons (Fsp3) is 0.0882. The van der Waals surface area contributed by atoms with Gasteiger partial charge in [-0.25, -0.2) is 0 Å². The summed E-state index contributed by atoms with van der Waals surface area (Å²) < 4.78 is 0. The van der Waals surface area contributed by atoms with E-state index in [2.05, 4.69) is 119 Å². The summed E-state index contributed by atoms with van der Waals surface area (Å²) in [6, 6.07) is 31.9. The fourth-order valence-electron chi connectivity index (χ4n) is 6.23. The summed E-state index contributed by atoms with van der Waals surface area (Å²) in [6.45, 7) is 0.855. The van der Waals surface area contributed by atoms with Crippen LogP contribution in [0.4, 0.5) is 0 Å². The first kappa shape index (κ1) is 23.0. The molecule has 2 N–H and O–H groups in total. The van der Waals surface area contributed by atoms with Gasteiger partial charge in [0.1, 0.15) is 6.17 Å². The van der Waals surface area contributed by atoms with Gasteiger partial charge in [0.25, 0.3) is 0 Å². The highest BCUT2D eigenvalue weighted by Gasteiger charge is 2.48. The maximum absolute atomic E-state index is 4.69. The van der Waals surface area contributed by atoms with Crippen LogP contribution in [-0.4, -0.2) is 12.8 Å². The van der Waals surface area contributed by atoms with Gasteiger partial charge in [0.2, 0.25) is 0 Å². The summed E-state index contributed by atoms with van der Waals surface area (Å²) in [5.41, 5.74) is 8.55. The highest BCUT2D eigenvalue weighted by atomic mass is 32.2. The third-order valence-electron chi connectivity index (χ3n) is 7.92. The second-order valence-electron chi connectivity index (χ2n) is 10.0. The minimum atomic E-state index is -0.400. The summed E-state index contributed by atoms with van der Waals surface area (Å²) in [5, 5.41) is 6.95. The standard InChI is InChI=1S/C34H25N3S2/c1-3-11-29-24(8-1)34(25-9-2-4-12-30(25)38-29)26-15-13-22(28-10-5-6-17-35-28)20-31(26)39-32-21-23(14-16-27(32)34)33-36-18-7-19-37-33/h1-16,18-21,33,35-36H,17H2. The van der Waals surface area contributed by atoms with Crippen LogP contribution in [0.2, 0.25) is 0 Å². The second kappa shape index (κ2) is 9.08. The first-order valence-corrected chi connectivity index (χ1v) is 14.8. The smallest absolute Gasteiger partial charge is 0.144 e. The number of rotatable bonds is 2. The first-order valence-electron chi connectivity index (χ1n) is 13.2. The highest BCUT2D eigenvalue weighted by Crippen LogP contribution is 2.61. The van der Waals surface area contributed by atoms with Crippen LogP contribution in [0.25, 0.3) is 5.70 Å². The van der Waals surface area contributed by atoms with Crippen LogP contribution in [0.15, 0.2) is 140 Å². The number of aliphatic imine (C=N–C) groups is 1. The summed E-state index contributed by atoms with van der Waals surface area (Å²) in [6.07, 6.45) is 12.2. The molecule has 39 heavy (non-hydrogen) atoms. The number of benzene rings is 4. The molecule has 0 saturated heterocycles. The molecule has 4 heterocycles. The second-order valence-corrected chi connectivity index (χ2v) is 12.2. The zero-order valence-corrected chi connectivity index (χ0v) is 22.7. The molecule has 4 aliphatic rings. The molecule has 0 saturated carbocycles. The van der Waals surface area contributed by atoms with Gasteiger partial charge in [-0.2, -0.15) is 0 Å². The van der Waals surface area contributed by atoms with Gasteiger partial charge < -0.3 is 10.6 Å². The van der Waals surface area contributed by atoms with E-state index in [0.29, 0.717) is 0 Å². The van der Waals surface area contributed by atoms with Crippen molar-refractivity contribution in [1.82, 2.24) is 10.6 Å². The van der Waals surface area contributed by atoms with E-state index in [1.807, 2.05) is 42.0 Å². The molecule has 4 aromatic rings. The van der Waals surface area contributed by atoms with Crippen molar-refractivity contribution in [2.24, 2.45) is 4.99 Å². The lowest BCUT2D eigenvalue weighted by atomic mass is 9.64. The van der Waals surface area contributed by atoms with E-state index in [0.717, 1.165) is 6.54 Å². The summed E-state index contributed by atoms with van der Waals surface area (Å²) in [5.74, 6) is 0. The van der Waals surface area contributed by atoms with Gasteiger partial charge >= 0.3 is 0 Å². The van der Waals surface area contributed by atoms with Crippen LogP contribution in [-0.2, 0) is 5.41 Å². The maximum Gasteiger partial charge on any atom is 0.144 e. The van der Waals surface area contributed by atoms with Gasteiger partial charge in [0, 0.05) is 38.0 Å². The normalized spacial score (nSPS) is 19.2. The molecule has 8 rings (SSSR count). The predicted molar refractivity (Wildman–Crippen MR) is 162 cm³/mol. The number of hydrogen-bond donors (Lipinski definition) is 2. The number of nitrogens with one attached hydrogen (secondary N) is 2. The predicted octanol–water partition coefficient (Wildman–Crippen LogP) is 7.69. The molecular weight excluding hydrogens is 515 g/mol. The van der Waals surface area contributed by atoms with Crippen LogP contribution in [0.1, 0.15) is 39.5 Å². The van der Waals surface area contributed by atoms with Crippen LogP contribution in [0.3, 0.4) is 0 Å². The van der Waals surface area contributed by atoms with E-state index in [-0.39, 0.29) is 6.17 Å². The van der Waals surface area contributed by atoms with Crippen molar-refractivity contribution in [1.29, 1.82) is 0 Å². The van der Waals surface area contributed by atoms with Gasteiger partial charge in [0.05, 0.1) is 5.41 Å². The van der Waals surface area contributed by atoms with Crippen molar-refractivity contribution in [3.05, 3.63) is 149 Å². The molecule has 0 aromatic heterocycles. The van der Waals surface area contributed by atoms with Crippen molar-refractivity contribution < 1.29 is 0 Å². The number of allylic oxidation sites excluding steroid dienone is 3. The third kappa shape index (κ3) is 3.50. The molecule has 4 aliphatic heterocycles. The van der Waals surface area contributed by atoms with Gasteiger partial charge in [-0.15, -0.1) is 0 Å². The number of fused-ring (bicyclic) bond motifs is 8. The van der Waals surface area contributed by atoms with E-state index < -0.39 is 5.41 Å². The first-order chi connectivity index (χ1) is 19.3. The molecule has 0 aliphatic carbocycles. The zero-order valence-electron chi connectivity index (χ0n) is 21.1. The molecule has 1 unspecified atom stereocenters. The Balaban J connectivity index is 1.42. The Morgan fingerprint density at radius 3 is 2.13 bits per heavy atom. The highest BCUT2D eigenvalue weighted by molar-refractivity contribution is 8.00. The summed E-state index contributed by atoms with van der Waals surface area (Å²) in [7, 11) is 0. The van der Waals surface area contributed by atoms with E-state index in [1.165, 1.54) is 58.7 Å². The Hall–Kier alpha value is -3.93. The molecule has 3 nitrogen and oxygen atoms in total. The van der Waals surface area contributed by atoms with E-state index in [9.17, 15) is 0 Å². The molecule has 1 atom stereocenters. The van der Waals surface area contributed by atoms with Gasteiger partial charge in [-0.3, -0.25) is 4.99 Å². The van der Waals surface area contributed by atoms with Gasteiger partial charge in [-0.05, 0) is 76.0 Å². The van der Waals surface area contributed by atoms with Crippen molar-refractivity contribution in [3.8, 4) is 0 Å². The molecule has 4 aromatic carbocycles. The number of hydrogen-bond acceptors (Lipinski definition) is 5. The average molecular weight is 540 g/mol. The Labute approximate surface area is 236 Å². The average Bonchev–Trinajstić information content (AvgIpc) is 3.01. The number of dihydropyridines is 1. The molecule has 0 bridgehead atoms. The third-order valence-corrected chi connectivity index (χ3v) is 10.2. The molecular formula is C34H25N3S2. The lowest BCUT2D eigenvalue weighted by molar-refractivity contribution is 0.640. The zero-order chi connectivity index (χ0) is 25.8. The minimum absolute atomic E-state index is 0.0746. The monoisotopic (exact) mass is 539 g/mol. The molecule has 0 radical (unpaired) electrons. The summed E-state index contributed by atoms with van der Waals surface area (Å²) >= 11 is 3.76. The maximum atomic E-state index is 4.69.